The van der Waals surface area contributed by atoms with Gasteiger partial charge >= 0.3 is 0 Å². The van der Waals surface area contributed by atoms with E-state index in [9.17, 15) is 0 Å². The lowest BCUT2D eigenvalue weighted by Gasteiger charge is -2.52. The summed E-state index contributed by atoms with van der Waals surface area (Å²) in [6.45, 7) is 35.5. The van der Waals surface area contributed by atoms with Crippen molar-refractivity contribution in [1.29, 1.82) is 0 Å². The zero-order valence-corrected chi connectivity index (χ0v) is 44.6. The number of hydrogen-bond acceptors (Lipinski definition) is 3. The van der Waals surface area contributed by atoms with Gasteiger partial charge in [0.2, 0.25) is 0 Å². The molecule has 0 spiro atoms. The van der Waals surface area contributed by atoms with Gasteiger partial charge in [-0.25, -0.2) is 0 Å². The van der Waals surface area contributed by atoms with Crippen molar-refractivity contribution in [3.8, 4) is 11.1 Å². The summed E-state index contributed by atoms with van der Waals surface area (Å²) in [6.07, 6.45) is 5.10. The molecule has 0 radical (unpaired) electrons. The highest BCUT2D eigenvalue weighted by Gasteiger charge is 2.48. The van der Waals surface area contributed by atoms with Gasteiger partial charge in [-0.3, -0.25) is 0 Å². The maximum absolute atomic E-state index is 2.63. The Hall–Kier alpha value is -4.90. The van der Waals surface area contributed by atoms with Crippen molar-refractivity contribution < 1.29 is 0 Å². The minimum Gasteiger partial charge on any atom is -0.310 e. The van der Waals surface area contributed by atoms with E-state index in [1.807, 2.05) is 11.3 Å². The van der Waals surface area contributed by atoms with Gasteiger partial charge in [0, 0.05) is 43.8 Å². The number of hydrogen-bond donors (Lipinski definition) is 0. The van der Waals surface area contributed by atoms with E-state index in [4.69, 9.17) is 0 Å². The molecule has 0 amide bonds. The molecule has 1 heterocycles. The molecule has 1 saturated carbocycles. The van der Waals surface area contributed by atoms with Crippen molar-refractivity contribution in [2.75, 3.05) is 9.80 Å². The fourth-order valence-corrected chi connectivity index (χ4v) is 12.9. The molecule has 10 rings (SSSR count). The van der Waals surface area contributed by atoms with Gasteiger partial charge in [0.25, 0.3) is 0 Å². The molecule has 0 unspecified atom stereocenters. The molecule has 7 aromatic rings. The molecule has 0 aliphatic heterocycles. The van der Waals surface area contributed by atoms with E-state index >= 15 is 0 Å². The molecular formula is C62H74N2SSi. The zero-order chi connectivity index (χ0) is 47.4. The lowest BCUT2D eigenvalue weighted by Crippen LogP contribution is -2.44. The van der Waals surface area contributed by atoms with Crippen LogP contribution in [-0.4, -0.2) is 8.07 Å². The van der Waals surface area contributed by atoms with Gasteiger partial charge in [0.05, 0.1) is 19.4 Å². The summed E-state index contributed by atoms with van der Waals surface area (Å²) in [6, 6.07) is 47.9. The van der Waals surface area contributed by atoms with Crippen LogP contribution in [0.1, 0.15) is 135 Å². The van der Waals surface area contributed by atoms with Crippen molar-refractivity contribution in [2.24, 2.45) is 0 Å². The first-order valence-electron chi connectivity index (χ1n) is 24.6. The Morgan fingerprint density at radius 3 is 1.41 bits per heavy atom. The van der Waals surface area contributed by atoms with Gasteiger partial charge in [0.1, 0.15) is 0 Å². The maximum Gasteiger partial charge on any atom is 0.0776 e. The van der Waals surface area contributed by atoms with Crippen LogP contribution in [0.25, 0.3) is 21.2 Å². The molecule has 6 aromatic carbocycles. The molecule has 0 saturated heterocycles. The van der Waals surface area contributed by atoms with Gasteiger partial charge in [-0.15, -0.1) is 11.3 Å². The molecule has 2 nitrogen and oxygen atoms in total. The van der Waals surface area contributed by atoms with Crippen molar-refractivity contribution in [3.05, 3.63) is 160 Å². The standard InChI is InChI=1S/C62H74N2SSi/c1-41-34-48(63(46-24-20-44(21-25-46)59(5,6)7)47-26-22-45(23-27-47)60(8,9)10)36-49(35-41)64(56-40-65-57-39-54-53(38-52(56)57)61(11)30-32-62(54,12)33-31-61)55-29-28-50(66(13,14)15)37-51(55)42-16-18-43(19-17-42)58(2,3)4/h16-29,34-40H,30-33H2,1-15H3. The molecule has 342 valence electrons. The van der Waals surface area contributed by atoms with Crippen LogP contribution in [0, 0.1) is 6.92 Å². The van der Waals surface area contributed by atoms with E-state index in [0.29, 0.717) is 0 Å². The van der Waals surface area contributed by atoms with Gasteiger partial charge in [-0.1, -0.05) is 162 Å². The first kappa shape index (κ1) is 46.2. The molecule has 3 aliphatic rings. The largest absolute Gasteiger partial charge is 0.310 e. The average molecular weight is 907 g/mol. The third-order valence-electron chi connectivity index (χ3n) is 15.4. The first-order chi connectivity index (χ1) is 30.8. The first-order valence-corrected chi connectivity index (χ1v) is 29.0. The fourth-order valence-electron chi connectivity index (χ4n) is 10.8. The van der Waals surface area contributed by atoms with Crippen LogP contribution in [0.5, 0.6) is 0 Å². The number of fused-ring (bicyclic) bond motifs is 3. The summed E-state index contributed by atoms with van der Waals surface area (Å²) in [7, 11) is -1.69. The SMILES string of the molecule is Cc1cc(N(c2ccc(C(C)(C)C)cc2)c2ccc(C(C)(C)C)cc2)cc(N(c2ccc([Si](C)(C)C)cc2-c2ccc(C(C)(C)C)cc2)c2csc3cc4c(cc23)C2(C)CCC4(C)CC2)c1. The second kappa shape index (κ2) is 16.1. The van der Waals surface area contributed by atoms with E-state index in [1.54, 1.807) is 11.1 Å². The second-order valence-electron chi connectivity index (χ2n) is 24.7. The predicted molar refractivity (Wildman–Crippen MR) is 294 cm³/mol. The zero-order valence-electron chi connectivity index (χ0n) is 42.8. The van der Waals surface area contributed by atoms with Crippen LogP contribution in [0.3, 0.4) is 0 Å². The highest BCUT2D eigenvalue weighted by atomic mass is 32.1. The van der Waals surface area contributed by atoms with E-state index in [-0.39, 0.29) is 27.1 Å². The van der Waals surface area contributed by atoms with Crippen LogP contribution < -0.4 is 15.0 Å². The van der Waals surface area contributed by atoms with Crippen LogP contribution in [0.4, 0.5) is 34.1 Å². The molecule has 2 bridgehead atoms. The summed E-state index contributed by atoms with van der Waals surface area (Å²) in [5, 5.41) is 5.28. The van der Waals surface area contributed by atoms with Crippen LogP contribution >= 0.6 is 11.3 Å². The van der Waals surface area contributed by atoms with Crippen LogP contribution in [0.2, 0.25) is 19.6 Å². The quantitative estimate of drug-likeness (QED) is 0.140. The van der Waals surface area contributed by atoms with Gasteiger partial charge in [-0.2, -0.15) is 0 Å². The van der Waals surface area contributed by atoms with E-state index in [2.05, 4.69) is 239 Å². The average Bonchev–Trinajstić information content (AvgIpc) is 3.66. The van der Waals surface area contributed by atoms with Gasteiger partial charge in [0.15, 0.2) is 0 Å². The highest BCUT2D eigenvalue weighted by Crippen LogP contribution is 2.58. The Kier molecular flexibility index (Phi) is 11.3. The number of benzene rings is 6. The molecule has 0 N–H and O–H groups in total. The Morgan fingerprint density at radius 1 is 0.485 bits per heavy atom. The lowest BCUT2D eigenvalue weighted by molar-refractivity contribution is 0.188. The van der Waals surface area contributed by atoms with Crippen molar-refractivity contribution in [1.82, 2.24) is 0 Å². The van der Waals surface area contributed by atoms with Gasteiger partial charge in [-0.05, 0) is 159 Å². The molecule has 1 aromatic heterocycles. The van der Waals surface area contributed by atoms with E-state index in [1.165, 1.54) is 85.7 Å². The summed E-state index contributed by atoms with van der Waals surface area (Å²) in [4.78, 5) is 5.09. The van der Waals surface area contributed by atoms with Crippen LogP contribution in [-0.2, 0) is 27.1 Å². The molecule has 0 atom stereocenters. The Bertz CT molecular complexity index is 2860. The molecule has 3 aliphatic carbocycles. The van der Waals surface area contributed by atoms with E-state index in [0.717, 1.165) is 22.7 Å². The minimum atomic E-state index is -1.69. The normalized spacial score (nSPS) is 18.7. The molecular weight excluding hydrogens is 833 g/mol. The third kappa shape index (κ3) is 8.51. The number of nitrogens with zero attached hydrogens (tertiary/aromatic N) is 2. The Morgan fingerprint density at radius 2 is 0.939 bits per heavy atom. The van der Waals surface area contributed by atoms with Crippen molar-refractivity contribution in [3.63, 3.8) is 0 Å². The van der Waals surface area contributed by atoms with Gasteiger partial charge < -0.3 is 9.80 Å². The number of anilines is 6. The summed E-state index contributed by atoms with van der Waals surface area (Å²) >= 11 is 1.91. The third-order valence-corrected chi connectivity index (χ3v) is 18.4. The number of aryl methyl sites for hydroxylation is 1. The molecule has 66 heavy (non-hydrogen) atoms. The predicted octanol–water partition coefficient (Wildman–Crippen LogP) is 18.4. The van der Waals surface area contributed by atoms with Crippen LogP contribution in [0.15, 0.2) is 127 Å². The van der Waals surface area contributed by atoms with Crippen molar-refractivity contribution in [2.45, 2.75) is 155 Å². The van der Waals surface area contributed by atoms with Crippen molar-refractivity contribution >= 4 is 68.8 Å². The monoisotopic (exact) mass is 907 g/mol. The number of thiophene rings is 1. The second-order valence-corrected chi connectivity index (χ2v) is 30.7. The Labute approximate surface area is 403 Å². The highest BCUT2D eigenvalue weighted by molar-refractivity contribution is 7.17. The fraction of sp³-hybridized carbons (Fsp3) is 0.387. The topological polar surface area (TPSA) is 6.48 Å². The minimum absolute atomic E-state index is 0.0573. The van der Waals surface area contributed by atoms with E-state index < -0.39 is 8.07 Å². The molecule has 1 fully saturated rings. The Balaban J connectivity index is 1.31. The summed E-state index contributed by atoms with van der Waals surface area (Å²) < 4.78 is 1.38. The summed E-state index contributed by atoms with van der Waals surface area (Å²) in [5.41, 5.74) is 18.7. The lowest BCUT2D eigenvalue weighted by atomic mass is 9.52. The smallest absolute Gasteiger partial charge is 0.0776 e. The number of rotatable bonds is 8. The maximum atomic E-state index is 2.63. The summed E-state index contributed by atoms with van der Waals surface area (Å²) in [5.74, 6) is 0. The molecule has 4 heteroatoms.